The van der Waals surface area contributed by atoms with Gasteiger partial charge in [-0.05, 0) is 38.5 Å². The number of hydrogen-bond donors (Lipinski definition) is 1. The number of thiophene rings is 1. The fraction of sp³-hybridized carbons (Fsp3) is 0.217. The molecule has 0 aliphatic carbocycles. The van der Waals surface area contributed by atoms with Gasteiger partial charge in [0.1, 0.15) is 26.5 Å². The van der Waals surface area contributed by atoms with Crippen LogP contribution in [0.4, 0.5) is 5.00 Å². The van der Waals surface area contributed by atoms with Crippen molar-refractivity contribution in [2.75, 3.05) is 18.5 Å². The quantitative estimate of drug-likeness (QED) is 0.291. The van der Waals surface area contributed by atoms with Crippen LogP contribution in [0.2, 0.25) is 5.02 Å². The first-order valence-electron chi connectivity index (χ1n) is 9.95. The van der Waals surface area contributed by atoms with Crippen molar-refractivity contribution in [3.05, 3.63) is 61.9 Å². The molecule has 0 spiro atoms. The summed E-state index contributed by atoms with van der Waals surface area (Å²) >= 11 is 8.33. The summed E-state index contributed by atoms with van der Waals surface area (Å²) in [7, 11) is 0. The molecule has 0 saturated carbocycles. The number of aromatic nitrogens is 1. The zero-order valence-corrected chi connectivity index (χ0v) is 20.5. The number of benzene rings is 1. The highest BCUT2D eigenvalue weighted by Crippen LogP contribution is 2.35. The summed E-state index contributed by atoms with van der Waals surface area (Å²) in [5.74, 6) is -1.08. The van der Waals surface area contributed by atoms with E-state index < -0.39 is 11.9 Å². The van der Waals surface area contributed by atoms with Crippen LogP contribution < -0.4 is 5.32 Å². The Kier molecular flexibility index (Phi) is 8.22. The number of hydrogen-bond acceptors (Lipinski definition) is 9. The van der Waals surface area contributed by atoms with Crippen LogP contribution >= 0.6 is 34.3 Å². The molecule has 3 rings (SSSR count). The van der Waals surface area contributed by atoms with Crippen LogP contribution in [-0.4, -0.2) is 30.1 Å². The third kappa shape index (κ3) is 5.60. The number of thiazole rings is 1. The number of carbonyl (C=O) groups excluding carboxylic acids is 2. The van der Waals surface area contributed by atoms with Crippen molar-refractivity contribution < 1.29 is 19.1 Å². The van der Waals surface area contributed by atoms with Gasteiger partial charge in [-0.1, -0.05) is 23.7 Å². The zero-order chi connectivity index (χ0) is 24.0. The number of halogens is 1. The van der Waals surface area contributed by atoms with Gasteiger partial charge in [0.25, 0.3) is 0 Å². The number of allylic oxidation sites excluding steroid dienone is 1. The summed E-state index contributed by atoms with van der Waals surface area (Å²) < 4.78 is 10.2. The summed E-state index contributed by atoms with van der Waals surface area (Å²) in [6.07, 6.45) is 1.47. The van der Waals surface area contributed by atoms with Crippen LogP contribution in [0, 0.1) is 18.3 Å². The number of carbonyl (C=O) groups is 2. The molecule has 2 aromatic heterocycles. The summed E-state index contributed by atoms with van der Waals surface area (Å²) in [6.45, 7) is 5.47. The predicted octanol–water partition coefficient (Wildman–Crippen LogP) is 6.16. The molecule has 0 bridgehead atoms. The summed E-state index contributed by atoms with van der Waals surface area (Å²) in [6, 6.07) is 9.38. The first-order chi connectivity index (χ1) is 15.9. The Bertz CT molecular complexity index is 1240. The summed E-state index contributed by atoms with van der Waals surface area (Å²) in [5, 5.41) is 16.0. The van der Waals surface area contributed by atoms with Crippen molar-refractivity contribution in [1.29, 1.82) is 5.26 Å². The van der Waals surface area contributed by atoms with E-state index >= 15 is 0 Å². The largest absolute Gasteiger partial charge is 0.462 e. The molecule has 3 aromatic rings. The molecule has 0 aliphatic rings. The molecule has 1 N–H and O–H groups in total. The van der Waals surface area contributed by atoms with Gasteiger partial charge >= 0.3 is 11.9 Å². The van der Waals surface area contributed by atoms with Gasteiger partial charge in [-0.3, -0.25) is 0 Å². The average molecular weight is 502 g/mol. The molecule has 0 saturated heterocycles. The Balaban J connectivity index is 1.93. The number of nitriles is 1. The van der Waals surface area contributed by atoms with Gasteiger partial charge in [0.05, 0.1) is 24.5 Å². The van der Waals surface area contributed by atoms with E-state index in [4.69, 9.17) is 21.1 Å². The monoisotopic (exact) mass is 501 g/mol. The third-order valence-electron chi connectivity index (χ3n) is 4.43. The molecule has 33 heavy (non-hydrogen) atoms. The topological polar surface area (TPSA) is 101 Å². The van der Waals surface area contributed by atoms with Gasteiger partial charge < -0.3 is 14.8 Å². The van der Waals surface area contributed by atoms with E-state index in [1.54, 1.807) is 32.9 Å². The van der Waals surface area contributed by atoms with Gasteiger partial charge in [-0.25, -0.2) is 14.6 Å². The first kappa shape index (κ1) is 24.5. The van der Waals surface area contributed by atoms with E-state index in [9.17, 15) is 14.9 Å². The maximum Gasteiger partial charge on any atom is 0.348 e. The van der Waals surface area contributed by atoms with Crippen molar-refractivity contribution in [1.82, 2.24) is 4.98 Å². The van der Waals surface area contributed by atoms with E-state index in [0.29, 0.717) is 25.5 Å². The maximum atomic E-state index is 12.5. The van der Waals surface area contributed by atoms with Crippen LogP contribution in [0.3, 0.4) is 0 Å². The molecular weight excluding hydrogens is 482 g/mol. The van der Waals surface area contributed by atoms with Crippen LogP contribution in [0.15, 0.2) is 35.8 Å². The molecule has 0 aliphatic heterocycles. The molecule has 0 radical (unpaired) electrons. The van der Waals surface area contributed by atoms with Crippen molar-refractivity contribution in [2.24, 2.45) is 0 Å². The van der Waals surface area contributed by atoms with Gasteiger partial charge in [-0.15, -0.1) is 22.7 Å². The minimum absolute atomic E-state index is 0.189. The Morgan fingerprint density at radius 1 is 1.18 bits per heavy atom. The lowest BCUT2D eigenvalue weighted by atomic mass is 10.1. The zero-order valence-electron chi connectivity index (χ0n) is 18.1. The highest BCUT2D eigenvalue weighted by atomic mass is 35.5. The minimum atomic E-state index is -0.560. The van der Waals surface area contributed by atoms with Crippen molar-refractivity contribution in [2.45, 2.75) is 20.8 Å². The molecule has 10 heteroatoms. The maximum absolute atomic E-state index is 12.5. The van der Waals surface area contributed by atoms with Crippen molar-refractivity contribution in [3.8, 4) is 17.3 Å². The fourth-order valence-corrected chi connectivity index (χ4v) is 4.86. The van der Waals surface area contributed by atoms with Crippen LogP contribution in [0.1, 0.15) is 44.4 Å². The number of ether oxygens (including phenoxy) is 2. The summed E-state index contributed by atoms with van der Waals surface area (Å²) in [5.41, 5.74) is 2.57. The van der Waals surface area contributed by atoms with Gasteiger partial charge in [0, 0.05) is 22.2 Å². The van der Waals surface area contributed by atoms with Crippen LogP contribution in [0.5, 0.6) is 0 Å². The number of esters is 2. The van der Waals surface area contributed by atoms with E-state index in [0.717, 1.165) is 22.6 Å². The second-order valence-corrected chi connectivity index (χ2v) is 8.88. The van der Waals surface area contributed by atoms with E-state index in [2.05, 4.69) is 16.4 Å². The third-order valence-corrected chi connectivity index (χ3v) is 6.76. The molecule has 0 fully saturated rings. The van der Waals surface area contributed by atoms with Gasteiger partial charge in [0.2, 0.25) is 0 Å². The molecule has 2 heterocycles. The Labute approximate surface area is 204 Å². The second kappa shape index (κ2) is 11.1. The lowest BCUT2D eigenvalue weighted by Crippen LogP contribution is -2.09. The average Bonchev–Trinajstić information content (AvgIpc) is 3.40. The molecular formula is C23H20ClN3O4S2. The minimum Gasteiger partial charge on any atom is -0.462 e. The molecule has 7 nitrogen and oxygen atoms in total. The number of rotatable bonds is 8. The number of nitrogens with one attached hydrogen (secondary N) is 1. The number of anilines is 1. The lowest BCUT2D eigenvalue weighted by molar-refractivity contribution is 0.0527. The predicted molar refractivity (Wildman–Crippen MR) is 131 cm³/mol. The van der Waals surface area contributed by atoms with Crippen LogP contribution in [-0.2, 0) is 9.47 Å². The molecule has 1 aromatic carbocycles. The molecule has 0 unspecified atom stereocenters. The normalized spacial score (nSPS) is 11.1. The molecule has 0 atom stereocenters. The SMILES string of the molecule is CCOC(=O)c1sc(N/C=C(/C#N)c2nc(-c3ccc(Cl)cc3)cs2)c(C(=O)OCC)c1C. The highest BCUT2D eigenvalue weighted by molar-refractivity contribution is 7.18. The molecule has 0 amide bonds. The van der Waals surface area contributed by atoms with E-state index in [-0.39, 0.29) is 24.4 Å². The molecule has 170 valence electrons. The van der Waals surface area contributed by atoms with Gasteiger partial charge in [-0.2, -0.15) is 5.26 Å². The van der Waals surface area contributed by atoms with E-state index in [1.165, 1.54) is 17.5 Å². The van der Waals surface area contributed by atoms with E-state index in [1.807, 2.05) is 17.5 Å². The Morgan fingerprint density at radius 2 is 1.85 bits per heavy atom. The fourth-order valence-electron chi connectivity index (χ4n) is 2.89. The van der Waals surface area contributed by atoms with Gasteiger partial charge in [0.15, 0.2) is 0 Å². The van der Waals surface area contributed by atoms with Crippen molar-refractivity contribution >= 4 is 56.8 Å². The first-order valence-corrected chi connectivity index (χ1v) is 12.0. The van der Waals surface area contributed by atoms with Crippen molar-refractivity contribution in [3.63, 3.8) is 0 Å². The number of nitrogens with zero attached hydrogens (tertiary/aromatic N) is 2. The standard InChI is InChI=1S/C23H20ClN3O4S2/c1-4-30-22(28)18-13(3)19(23(29)31-5-2)33-21(18)26-11-15(10-25)20-27-17(12-32-20)14-6-8-16(24)9-7-14/h6-9,11-12,26H,4-5H2,1-3H3/b15-11-. The van der Waals surface area contributed by atoms with Crippen LogP contribution in [0.25, 0.3) is 16.8 Å². The Morgan fingerprint density at radius 3 is 2.48 bits per heavy atom. The summed E-state index contributed by atoms with van der Waals surface area (Å²) in [4.78, 5) is 29.7. The smallest absolute Gasteiger partial charge is 0.348 e. The lowest BCUT2D eigenvalue weighted by Gasteiger charge is -2.05. The highest BCUT2D eigenvalue weighted by Gasteiger charge is 2.26. The Hall–Kier alpha value is -3.19. The second-order valence-electron chi connectivity index (χ2n) is 6.56.